The minimum atomic E-state index is -0.336. The van der Waals surface area contributed by atoms with E-state index >= 15 is 0 Å². The molecule has 0 bridgehead atoms. The molecule has 2 heteroatoms. The SMILES string of the molecule is COC(=O)c1ccccc1-c1[c]ccc(C(C)(C)c2ccccc2)c1. The van der Waals surface area contributed by atoms with Crippen molar-refractivity contribution in [3.63, 3.8) is 0 Å². The Balaban J connectivity index is 2.08. The largest absolute Gasteiger partial charge is 0.465 e. The maximum Gasteiger partial charge on any atom is 0.338 e. The second kappa shape index (κ2) is 6.94. The lowest BCUT2D eigenvalue weighted by atomic mass is 9.77. The van der Waals surface area contributed by atoms with Crippen LogP contribution in [0.25, 0.3) is 11.1 Å². The third-order valence-corrected chi connectivity index (χ3v) is 4.64. The zero-order chi connectivity index (χ0) is 17.9. The molecule has 1 radical (unpaired) electrons. The molecule has 0 saturated carbocycles. The van der Waals surface area contributed by atoms with E-state index in [-0.39, 0.29) is 11.4 Å². The first kappa shape index (κ1) is 17.0. The van der Waals surface area contributed by atoms with Crippen LogP contribution in [-0.2, 0) is 10.2 Å². The third kappa shape index (κ3) is 3.34. The minimum absolute atomic E-state index is 0.148. The first-order chi connectivity index (χ1) is 12.0. The average molecular weight is 329 g/mol. The lowest BCUT2D eigenvalue weighted by molar-refractivity contribution is 0.0601. The molecule has 25 heavy (non-hydrogen) atoms. The Morgan fingerprint density at radius 2 is 1.60 bits per heavy atom. The summed E-state index contributed by atoms with van der Waals surface area (Å²) < 4.78 is 4.91. The van der Waals surface area contributed by atoms with Crippen molar-refractivity contribution in [3.8, 4) is 11.1 Å². The topological polar surface area (TPSA) is 26.3 Å². The Hall–Kier alpha value is -2.87. The first-order valence-corrected chi connectivity index (χ1v) is 8.29. The van der Waals surface area contributed by atoms with Gasteiger partial charge in [0.15, 0.2) is 0 Å². The number of rotatable bonds is 4. The summed E-state index contributed by atoms with van der Waals surface area (Å²) in [5.74, 6) is -0.336. The summed E-state index contributed by atoms with van der Waals surface area (Å²) in [5, 5.41) is 0. The summed E-state index contributed by atoms with van der Waals surface area (Å²) in [5.41, 5.74) is 4.55. The average Bonchev–Trinajstić information content (AvgIpc) is 2.68. The van der Waals surface area contributed by atoms with E-state index in [9.17, 15) is 4.79 Å². The van der Waals surface area contributed by atoms with Gasteiger partial charge in [-0.2, -0.15) is 0 Å². The molecule has 3 aromatic carbocycles. The number of esters is 1. The summed E-state index contributed by atoms with van der Waals surface area (Å²) >= 11 is 0. The van der Waals surface area contributed by atoms with E-state index in [1.807, 2.05) is 30.3 Å². The van der Waals surface area contributed by atoms with E-state index in [2.05, 4.69) is 56.3 Å². The Morgan fingerprint density at radius 1 is 0.920 bits per heavy atom. The van der Waals surface area contributed by atoms with Gasteiger partial charge in [-0.1, -0.05) is 74.5 Å². The quantitative estimate of drug-likeness (QED) is 0.610. The maximum absolute atomic E-state index is 12.1. The molecule has 0 unspecified atom stereocenters. The molecule has 0 aliphatic carbocycles. The van der Waals surface area contributed by atoms with Crippen LogP contribution in [-0.4, -0.2) is 13.1 Å². The third-order valence-electron chi connectivity index (χ3n) is 4.64. The van der Waals surface area contributed by atoms with Crippen LogP contribution in [0.5, 0.6) is 0 Å². The molecule has 0 saturated heterocycles. The zero-order valence-corrected chi connectivity index (χ0v) is 14.7. The first-order valence-electron chi connectivity index (χ1n) is 8.29. The second-order valence-corrected chi connectivity index (χ2v) is 6.52. The van der Waals surface area contributed by atoms with Crippen LogP contribution in [0.1, 0.15) is 35.3 Å². The van der Waals surface area contributed by atoms with Crippen LogP contribution in [0.2, 0.25) is 0 Å². The molecular formula is C23H21O2. The van der Waals surface area contributed by atoms with E-state index in [0.29, 0.717) is 5.56 Å². The van der Waals surface area contributed by atoms with Crippen molar-refractivity contribution in [1.29, 1.82) is 0 Å². The number of carbonyl (C=O) groups excluding carboxylic acids is 1. The molecule has 2 nitrogen and oxygen atoms in total. The number of hydrogen-bond donors (Lipinski definition) is 0. The molecule has 0 atom stereocenters. The van der Waals surface area contributed by atoms with Gasteiger partial charge in [-0.05, 0) is 40.5 Å². The van der Waals surface area contributed by atoms with Crippen LogP contribution in [0, 0.1) is 6.07 Å². The summed E-state index contributed by atoms with van der Waals surface area (Å²) in [6, 6.07) is 27.2. The van der Waals surface area contributed by atoms with E-state index in [1.54, 1.807) is 6.07 Å². The fourth-order valence-electron chi connectivity index (χ4n) is 3.04. The monoisotopic (exact) mass is 329 g/mol. The van der Waals surface area contributed by atoms with Crippen molar-refractivity contribution in [2.24, 2.45) is 0 Å². The van der Waals surface area contributed by atoms with Gasteiger partial charge >= 0.3 is 5.97 Å². The van der Waals surface area contributed by atoms with Crippen molar-refractivity contribution < 1.29 is 9.53 Å². The maximum atomic E-state index is 12.1. The van der Waals surface area contributed by atoms with Crippen LogP contribution in [0.4, 0.5) is 0 Å². The molecule has 3 aromatic rings. The van der Waals surface area contributed by atoms with Gasteiger partial charge in [0, 0.05) is 5.41 Å². The molecule has 125 valence electrons. The molecule has 0 spiro atoms. The second-order valence-electron chi connectivity index (χ2n) is 6.52. The summed E-state index contributed by atoms with van der Waals surface area (Å²) in [6.07, 6.45) is 0. The number of benzene rings is 3. The molecule has 0 aliphatic heterocycles. The highest BCUT2D eigenvalue weighted by molar-refractivity contribution is 5.97. The van der Waals surface area contributed by atoms with E-state index in [4.69, 9.17) is 4.74 Å². The van der Waals surface area contributed by atoms with Gasteiger partial charge in [-0.15, -0.1) is 0 Å². The highest BCUT2D eigenvalue weighted by Crippen LogP contribution is 2.34. The van der Waals surface area contributed by atoms with Gasteiger partial charge in [0.1, 0.15) is 0 Å². The molecular weight excluding hydrogens is 308 g/mol. The normalized spacial score (nSPS) is 11.2. The van der Waals surface area contributed by atoms with Crippen molar-refractivity contribution in [1.82, 2.24) is 0 Å². The van der Waals surface area contributed by atoms with Crippen LogP contribution in [0.15, 0.2) is 72.8 Å². The molecule has 0 aromatic heterocycles. The van der Waals surface area contributed by atoms with Crippen LogP contribution < -0.4 is 0 Å². The summed E-state index contributed by atoms with van der Waals surface area (Å²) in [4.78, 5) is 12.1. The van der Waals surface area contributed by atoms with Gasteiger partial charge in [0.2, 0.25) is 0 Å². The van der Waals surface area contributed by atoms with E-state index < -0.39 is 0 Å². The summed E-state index contributed by atoms with van der Waals surface area (Å²) in [7, 11) is 1.40. The Kier molecular flexibility index (Phi) is 4.71. The molecule has 0 amide bonds. The number of methoxy groups -OCH3 is 1. The lowest BCUT2D eigenvalue weighted by Gasteiger charge is -2.26. The molecule has 0 heterocycles. The smallest absolute Gasteiger partial charge is 0.338 e. The van der Waals surface area contributed by atoms with Crippen LogP contribution in [0.3, 0.4) is 0 Å². The molecule has 3 rings (SSSR count). The van der Waals surface area contributed by atoms with Crippen molar-refractivity contribution in [2.45, 2.75) is 19.3 Å². The standard InChI is InChI=1S/C23H21O2/c1-23(2,18-11-5-4-6-12-18)19-13-9-10-17(16-19)20-14-7-8-15-21(20)22(24)25-3/h4-9,11-16H,1-3H3. The predicted molar refractivity (Wildman–Crippen MR) is 101 cm³/mol. The highest BCUT2D eigenvalue weighted by Gasteiger charge is 2.23. The van der Waals surface area contributed by atoms with Gasteiger partial charge in [0.25, 0.3) is 0 Å². The van der Waals surface area contributed by atoms with Crippen molar-refractivity contribution in [2.75, 3.05) is 7.11 Å². The van der Waals surface area contributed by atoms with E-state index in [1.165, 1.54) is 18.2 Å². The number of ether oxygens (including phenoxy) is 1. The van der Waals surface area contributed by atoms with Gasteiger partial charge < -0.3 is 4.74 Å². The fraction of sp³-hybridized carbons (Fsp3) is 0.174. The Morgan fingerprint density at radius 3 is 2.32 bits per heavy atom. The highest BCUT2D eigenvalue weighted by atomic mass is 16.5. The van der Waals surface area contributed by atoms with Crippen molar-refractivity contribution in [3.05, 3.63) is 95.6 Å². The van der Waals surface area contributed by atoms with Gasteiger partial charge in [0.05, 0.1) is 12.7 Å². The van der Waals surface area contributed by atoms with Crippen molar-refractivity contribution >= 4 is 5.97 Å². The molecule has 0 fully saturated rings. The lowest BCUT2D eigenvalue weighted by Crippen LogP contribution is -2.18. The minimum Gasteiger partial charge on any atom is -0.465 e. The molecule has 0 aliphatic rings. The summed E-state index contributed by atoms with van der Waals surface area (Å²) in [6.45, 7) is 4.40. The predicted octanol–water partition coefficient (Wildman–Crippen LogP) is 5.27. The van der Waals surface area contributed by atoms with E-state index in [0.717, 1.165) is 11.1 Å². The van der Waals surface area contributed by atoms with Gasteiger partial charge in [-0.25, -0.2) is 4.79 Å². The molecule has 0 N–H and O–H groups in total. The Bertz CT molecular complexity index is 879. The number of hydrogen-bond acceptors (Lipinski definition) is 2. The van der Waals surface area contributed by atoms with Gasteiger partial charge in [-0.3, -0.25) is 0 Å². The fourth-order valence-corrected chi connectivity index (χ4v) is 3.04. The zero-order valence-electron chi connectivity index (χ0n) is 14.7. The number of carbonyl (C=O) groups is 1. The van der Waals surface area contributed by atoms with Crippen LogP contribution >= 0.6 is 0 Å². The Labute approximate surface area is 149 Å².